The van der Waals surface area contributed by atoms with Gasteiger partial charge in [-0.2, -0.15) is 0 Å². The van der Waals surface area contributed by atoms with Gasteiger partial charge in [0.1, 0.15) is 17.1 Å². The van der Waals surface area contributed by atoms with Gasteiger partial charge in [-0.1, -0.05) is 49.4 Å². The number of aromatic hydroxyl groups is 1. The number of Topliss-reactive ketones (excluding diaryl/α,β-unsaturated/α-hetero) is 2. The van der Waals surface area contributed by atoms with Crippen LogP contribution in [-0.2, 0) is 9.59 Å². The number of carbonyl (C=O) groups excluding carboxylic acids is 4. The van der Waals surface area contributed by atoms with Gasteiger partial charge in [-0.05, 0) is 43.1 Å². The van der Waals surface area contributed by atoms with Crippen molar-refractivity contribution in [3.05, 3.63) is 88.4 Å². The molecule has 3 aliphatic carbocycles. The Hall–Kier alpha value is -5.20. The van der Waals surface area contributed by atoms with Gasteiger partial charge in [-0.3, -0.25) is 19.3 Å². The number of nitrogens with one attached hydrogen (secondary N) is 2. The number of allylic oxidation sites excluding steroid dienone is 1. The summed E-state index contributed by atoms with van der Waals surface area (Å²) in [4.78, 5) is 54.2. The topological polar surface area (TPSA) is 203 Å². The number of fused-ring (bicyclic) bond motifs is 4. The number of aliphatic hydroxyl groups excluding tert-OH is 3. The smallest absolute Gasteiger partial charge is 0.323 e. The first-order chi connectivity index (χ1) is 21.3. The average molecular weight is 613 g/mol. The summed E-state index contributed by atoms with van der Waals surface area (Å²) in [6.07, 6.45) is -1.42. The van der Waals surface area contributed by atoms with E-state index in [1.165, 1.54) is 11.0 Å². The van der Waals surface area contributed by atoms with Crippen molar-refractivity contribution in [2.75, 3.05) is 24.7 Å². The number of carbonyl (C=O) groups is 4. The monoisotopic (exact) mass is 612 g/mol. The Bertz CT molecular complexity index is 1870. The molecular formula is C33H32N4O8. The number of rotatable bonds is 4. The highest BCUT2D eigenvalue weighted by atomic mass is 16.3. The van der Waals surface area contributed by atoms with Crippen LogP contribution in [0.3, 0.4) is 0 Å². The molecule has 3 unspecified atom stereocenters. The fraction of sp³-hybridized carbons (Fsp3) is 0.273. The van der Waals surface area contributed by atoms with E-state index >= 15 is 0 Å². The number of amides is 3. The Balaban J connectivity index is 1.39. The standard InChI is InChI=1S/C33H32N4O8/c1-13-15-11-12-18(36-33(45)35-17-10-6-8-14-7-4-5-9-16(14)17)26(38)20(15)28(40)22-19(13)27(39)21-23(29(22)41)30(42)24(32(34)44)31(43)25(21)37(2)3/h4-13,19,21,23,25,27,38-39,41,43H,1-3H3,(H2,34,44)(H2,35,36,45)/t13-,19?,21?,23?,25-,27-/m0/s1. The Labute approximate surface area is 257 Å². The maximum Gasteiger partial charge on any atom is 0.323 e. The molecule has 0 aromatic heterocycles. The number of urea groups is 1. The fourth-order valence-electron chi connectivity index (χ4n) is 7.32. The number of anilines is 2. The van der Waals surface area contributed by atoms with E-state index in [1.807, 2.05) is 30.3 Å². The third-order valence-corrected chi connectivity index (χ3v) is 9.28. The van der Waals surface area contributed by atoms with Gasteiger partial charge in [0.05, 0.1) is 35.0 Å². The minimum Gasteiger partial charge on any atom is -0.511 e. The van der Waals surface area contributed by atoms with E-state index in [2.05, 4.69) is 10.6 Å². The predicted molar refractivity (Wildman–Crippen MR) is 165 cm³/mol. The summed E-state index contributed by atoms with van der Waals surface area (Å²) in [6.45, 7) is 1.70. The number of likely N-dealkylation sites (N-methyl/N-ethyl adjacent to an activating group) is 1. The van der Waals surface area contributed by atoms with E-state index < -0.39 is 82.2 Å². The molecule has 12 nitrogen and oxygen atoms in total. The zero-order chi connectivity index (χ0) is 32.5. The molecule has 3 aromatic carbocycles. The van der Waals surface area contributed by atoms with Crippen molar-refractivity contribution < 1.29 is 39.6 Å². The van der Waals surface area contributed by atoms with E-state index in [0.29, 0.717) is 11.3 Å². The van der Waals surface area contributed by atoms with E-state index in [0.717, 1.165) is 10.8 Å². The van der Waals surface area contributed by atoms with Crippen LogP contribution in [-0.4, -0.2) is 75.1 Å². The third kappa shape index (κ3) is 4.44. The minimum absolute atomic E-state index is 0.0786. The number of hydrogen-bond donors (Lipinski definition) is 7. The van der Waals surface area contributed by atoms with Crippen molar-refractivity contribution in [1.29, 1.82) is 0 Å². The first-order valence-electron chi connectivity index (χ1n) is 14.4. The molecule has 0 bridgehead atoms. The van der Waals surface area contributed by atoms with E-state index in [-0.39, 0.29) is 16.8 Å². The predicted octanol–water partition coefficient (Wildman–Crippen LogP) is 3.33. The number of phenols is 1. The van der Waals surface area contributed by atoms with Crippen LogP contribution in [0.4, 0.5) is 16.2 Å². The molecule has 6 rings (SSSR count). The molecule has 0 saturated carbocycles. The van der Waals surface area contributed by atoms with Crippen LogP contribution in [0.5, 0.6) is 5.75 Å². The van der Waals surface area contributed by atoms with E-state index in [1.54, 1.807) is 39.2 Å². The van der Waals surface area contributed by atoms with Crippen LogP contribution in [0.2, 0.25) is 0 Å². The van der Waals surface area contributed by atoms with Gasteiger partial charge in [-0.25, -0.2) is 4.79 Å². The molecular weight excluding hydrogens is 580 g/mol. The minimum atomic E-state index is -1.55. The highest BCUT2D eigenvalue weighted by molar-refractivity contribution is 6.22. The van der Waals surface area contributed by atoms with Crippen molar-refractivity contribution in [2.24, 2.45) is 23.5 Å². The first-order valence-corrected chi connectivity index (χ1v) is 14.4. The summed E-state index contributed by atoms with van der Waals surface area (Å²) in [7, 11) is 3.15. The summed E-state index contributed by atoms with van der Waals surface area (Å²) < 4.78 is 0. The number of nitrogens with zero attached hydrogens (tertiary/aromatic N) is 1. The summed E-state index contributed by atoms with van der Waals surface area (Å²) in [6, 6.07) is 14.1. The molecule has 3 aliphatic rings. The lowest BCUT2D eigenvalue weighted by Gasteiger charge is -2.50. The molecule has 12 heteroatoms. The largest absolute Gasteiger partial charge is 0.511 e. The van der Waals surface area contributed by atoms with Gasteiger partial charge < -0.3 is 36.8 Å². The molecule has 0 spiro atoms. The van der Waals surface area contributed by atoms with Crippen LogP contribution in [0, 0.1) is 17.8 Å². The van der Waals surface area contributed by atoms with Gasteiger partial charge in [0.15, 0.2) is 17.3 Å². The van der Waals surface area contributed by atoms with Crippen LogP contribution in [0.15, 0.2) is 77.3 Å². The SMILES string of the molecule is C[C@H]1c2ccc(NC(=O)Nc3cccc4ccccc34)c(O)c2C(=O)C2=C(O)C3C(=O)C(C(N)=O)=C(O)[C@@H](N(C)C)C3[C@@H](O)C21. The molecule has 0 saturated heterocycles. The van der Waals surface area contributed by atoms with Crippen molar-refractivity contribution in [2.45, 2.75) is 25.0 Å². The Morgan fingerprint density at radius 3 is 2.24 bits per heavy atom. The molecule has 0 aliphatic heterocycles. The van der Waals surface area contributed by atoms with Crippen molar-refractivity contribution in [3.63, 3.8) is 0 Å². The summed E-state index contributed by atoms with van der Waals surface area (Å²) in [5, 5.41) is 52.5. The van der Waals surface area contributed by atoms with Gasteiger partial charge >= 0.3 is 6.03 Å². The lowest BCUT2D eigenvalue weighted by atomic mass is 9.57. The Kier molecular flexibility index (Phi) is 7.13. The molecule has 0 radical (unpaired) electrons. The maximum atomic E-state index is 14.0. The van der Waals surface area contributed by atoms with E-state index in [4.69, 9.17) is 5.73 Å². The number of nitrogens with two attached hydrogens (primary N) is 1. The van der Waals surface area contributed by atoms with Crippen LogP contribution >= 0.6 is 0 Å². The third-order valence-electron chi connectivity index (χ3n) is 9.28. The number of benzene rings is 3. The second kappa shape index (κ2) is 10.8. The molecule has 0 fully saturated rings. The molecule has 6 atom stereocenters. The Morgan fingerprint density at radius 2 is 1.56 bits per heavy atom. The van der Waals surface area contributed by atoms with Gasteiger partial charge in [-0.15, -0.1) is 0 Å². The van der Waals surface area contributed by atoms with Crippen LogP contribution in [0.25, 0.3) is 10.8 Å². The number of primary amides is 1. The second-order valence-electron chi connectivity index (χ2n) is 11.9. The van der Waals surface area contributed by atoms with Gasteiger partial charge in [0.25, 0.3) is 5.91 Å². The highest BCUT2D eigenvalue weighted by Crippen LogP contribution is 2.54. The number of ketones is 2. The molecule has 0 heterocycles. The lowest BCUT2D eigenvalue weighted by molar-refractivity contribution is -0.131. The zero-order valence-corrected chi connectivity index (χ0v) is 24.6. The van der Waals surface area contributed by atoms with Crippen molar-refractivity contribution >= 4 is 45.7 Å². The fourth-order valence-corrected chi connectivity index (χ4v) is 7.32. The maximum absolute atomic E-state index is 14.0. The second-order valence-corrected chi connectivity index (χ2v) is 11.9. The number of hydrogen-bond acceptors (Lipinski definition) is 9. The zero-order valence-electron chi connectivity index (χ0n) is 24.6. The summed E-state index contributed by atoms with van der Waals surface area (Å²) >= 11 is 0. The summed E-state index contributed by atoms with van der Waals surface area (Å²) in [5.74, 6) is -9.22. The van der Waals surface area contributed by atoms with Gasteiger partial charge in [0.2, 0.25) is 0 Å². The molecule has 232 valence electrons. The Morgan fingerprint density at radius 1 is 0.889 bits per heavy atom. The number of phenolic OH excluding ortho intramolecular Hbond substituents is 1. The van der Waals surface area contributed by atoms with Crippen molar-refractivity contribution in [1.82, 2.24) is 4.90 Å². The molecule has 3 amide bonds. The average Bonchev–Trinajstić information content (AvgIpc) is 2.98. The van der Waals surface area contributed by atoms with Gasteiger partial charge in [0, 0.05) is 22.8 Å². The lowest BCUT2D eigenvalue weighted by Crippen LogP contribution is -2.59. The van der Waals surface area contributed by atoms with Crippen LogP contribution < -0.4 is 16.4 Å². The molecule has 8 N–H and O–H groups in total. The normalized spacial score (nSPS) is 26.0. The molecule has 45 heavy (non-hydrogen) atoms. The molecule has 3 aromatic rings. The van der Waals surface area contributed by atoms with Crippen molar-refractivity contribution in [3.8, 4) is 5.75 Å². The quantitative estimate of drug-likeness (QED) is 0.170. The van der Waals surface area contributed by atoms with E-state index in [9.17, 15) is 39.6 Å². The van der Waals surface area contributed by atoms with Crippen LogP contribution in [0.1, 0.15) is 28.8 Å². The first kappa shape index (κ1) is 29.9. The number of aliphatic hydroxyl groups is 3. The summed E-state index contributed by atoms with van der Waals surface area (Å²) in [5.41, 5.74) is 5.02. The highest BCUT2D eigenvalue weighted by Gasteiger charge is 2.59.